The van der Waals surface area contributed by atoms with E-state index in [9.17, 15) is 4.79 Å². The molecule has 0 radical (unpaired) electrons. The molecule has 0 fully saturated rings. The molecule has 100 valence electrons. The summed E-state index contributed by atoms with van der Waals surface area (Å²) in [6.07, 6.45) is 2.35. The van der Waals surface area contributed by atoms with Gasteiger partial charge in [-0.25, -0.2) is 4.98 Å². The molecular weight excluding hydrogens is 244 g/mol. The second-order valence-corrected chi connectivity index (χ2v) is 4.15. The van der Waals surface area contributed by atoms with Gasteiger partial charge in [0.2, 0.25) is 5.82 Å². The summed E-state index contributed by atoms with van der Waals surface area (Å²) in [6, 6.07) is 7.25. The second-order valence-electron chi connectivity index (χ2n) is 4.15. The number of anilines is 1. The quantitative estimate of drug-likeness (QED) is 0.864. The normalized spacial score (nSPS) is 11.9. The zero-order valence-corrected chi connectivity index (χ0v) is 10.9. The Morgan fingerprint density at radius 1 is 1.53 bits per heavy atom. The minimum absolute atomic E-state index is 0.139. The monoisotopic (exact) mass is 260 g/mol. The molecule has 0 bridgehead atoms. The highest BCUT2D eigenvalue weighted by Gasteiger charge is 2.09. The number of nitrogens with one attached hydrogen (secondary N) is 2. The Morgan fingerprint density at radius 3 is 3.05 bits per heavy atom. The van der Waals surface area contributed by atoms with Gasteiger partial charge >= 0.3 is 0 Å². The molecule has 6 nitrogen and oxygen atoms in total. The largest absolute Gasteiger partial charge is 0.491 e. The van der Waals surface area contributed by atoms with Crippen LogP contribution in [0, 0.1) is 0 Å². The van der Waals surface area contributed by atoms with E-state index >= 15 is 0 Å². The summed E-state index contributed by atoms with van der Waals surface area (Å²) in [5, 5.41) is 8.86. The predicted molar refractivity (Wildman–Crippen MR) is 71.2 cm³/mol. The van der Waals surface area contributed by atoms with Crippen molar-refractivity contribution in [3.8, 4) is 5.75 Å². The first kappa shape index (κ1) is 13.1. The lowest BCUT2D eigenvalue weighted by Gasteiger charge is -2.13. The first-order chi connectivity index (χ1) is 9.19. The zero-order chi connectivity index (χ0) is 13.7. The first-order valence-electron chi connectivity index (χ1n) is 6.12. The number of benzene rings is 1. The van der Waals surface area contributed by atoms with Crippen molar-refractivity contribution in [1.82, 2.24) is 15.2 Å². The third-order valence-electron chi connectivity index (χ3n) is 2.63. The summed E-state index contributed by atoms with van der Waals surface area (Å²) in [7, 11) is 0. The molecule has 6 heteroatoms. The fraction of sp³-hybridized carbons (Fsp3) is 0.308. The molecule has 1 aromatic heterocycles. The summed E-state index contributed by atoms with van der Waals surface area (Å²) in [5.41, 5.74) is 0.655. The third-order valence-corrected chi connectivity index (χ3v) is 2.63. The number of carbonyl (C=O) groups is 1. The van der Waals surface area contributed by atoms with Gasteiger partial charge in [0.15, 0.2) is 0 Å². The lowest BCUT2D eigenvalue weighted by molar-refractivity contribution is 0.101. The van der Waals surface area contributed by atoms with Crippen molar-refractivity contribution in [2.75, 3.05) is 5.32 Å². The summed E-state index contributed by atoms with van der Waals surface area (Å²) < 4.78 is 5.69. The molecule has 0 saturated carbocycles. The number of aromatic amines is 1. The molecule has 0 spiro atoms. The van der Waals surface area contributed by atoms with Gasteiger partial charge in [-0.3, -0.25) is 9.89 Å². The van der Waals surface area contributed by atoms with Crippen LogP contribution in [0.2, 0.25) is 0 Å². The molecule has 1 unspecified atom stereocenters. The second kappa shape index (κ2) is 5.99. The Labute approximate surface area is 111 Å². The lowest BCUT2D eigenvalue weighted by Crippen LogP contribution is -2.14. The highest BCUT2D eigenvalue weighted by atomic mass is 16.5. The Balaban J connectivity index is 2.05. The number of rotatable bonds is 5. The molecule has 1 atom stereocenters. The van der Waals surface area contributed by atoms with Crippen LogP contribution in [-0.4, -0.2) is 27.2 Å². The van der Waals surface area contributed by atoms with Crippen molar-refractivity contribution in [2.45, 2.75) is 26.4 Å². The van der Waals surface area contributed by atoms with Crippen LogP contribution in [0.15, 0.2) is 30.6 Å². The van der Waals surface area contributed by atoms with Crippen LogP contribution in [0.4, 0.5) is 5.69 Å². The Kier molecular flexibility index (Phi) is 4.12. The minimum atomic E-state index is -0.335. The highest BCUT2D eigenvalue weighted by molar-refractivity contribution is 6.01. The standard InChI is InChI=1S/C13H16N4O2/c1-3-9(2)19-11-6-4-5-10(7-11)16-13(18)12-14-8-15-17-12/h4-9H,3H2,1-2H3,(H,16,18)(H,14,15,17). The summed E-state index contributed by atoms with van der Waals surface area (Å²) in [6.45, 7) is 4.06. The molecule has 19 heavy (non-hydrogen) atoms. The van der Waals surface area contributed by atoms with Crippen LogP contribution >= 0.6 is 0 Å². The number of hydrogen-bond acceptors (Lipinski definition) is 4. The number of ether oxygens (including phenoxy) is 1. The van der Waals surface area contributed by atoms with E-state index in [0.29, 0.717) is 5.69 Å². The molecule has 0 aliphatic carbocycles. The summed E-state index contributed by atoms with van der Waals surface area (Å²) >= 11 is 0. The number of nitrogens with zero attached hydrogens (tertiary/aromatic N) is 2. The van der Waals surface area contributed by atoms with Crippen LogP contribution in [0.5, 0.6) is 5.75 Å². The van der Waals surface area contributed by atoms with Gasteiger partial charge < -0.3 is 10.1 Å². The van der Waals surface area contributed by atoms with Crippen LogP contribution < -0.4 is 10.1 Å². The van der Waals surface area contributed by atoms with Crippen molar-refractivity contribution < 1.29 is 9.53 Å². The minimum Gasteiger partial charge on any atom is -0.491 e. The first-order valence-corrected chi connectivity index (χ1v) is 6.12. The third kappa shape index (κ3) is 3.54. The Morgan fingerprint density at radius 2 is 2.37 bits per heavy atom. The van der Waals surface area contributed by atoms with E-state index in [4.69, 9.17) is 4.74 Å². The van der Waals surface area contributed by atoms with Crippen LogP contribution in [-0.2, 0) is 0 Å². The Hall–Kier alpha value is -2.37. The van der Waals surface area contributed by atoms with Crippen molar-refractivity contribution in [2.24, 2.45) is 0 Å². The smallest absolute Gasteiger partial charge is 0.292 e. The molecule has 2 rings (SSSR count). The zero-order valence-electron chi connectivity index (χ0n) is 10.9. The van der Waals surface area contributed by atoms with Gasteiger partial charge in [0.1, 0.15) is 12.1 Å². The lowest BCUT2D eigenvalue weighted by atomic mass is 10.2. The van der Waals surface area contributed by atoms with Gasteiger partial charge in [0.25, 0.3) is 5.91 Å². The van der Waals surface area contributed by atoms with Gasteiger partial charge in [-0.2, -0.15) is 5.10 Å². The van der Waals surface area contributed by atoms with E-state index < -0.39 is 0 Å². The summed E-state index contributed by atoms with van der Waals surface area (Å²) in [4.78, 5) is 15.6. The molecule has 0 aliphatic heterocycles. The average Bonchev–Trinajstić information content (AvgIpc) is 2.93. The fourth-order valence-corrected chi connectivity index (χ4v) is 1.47. The van der Waals surface area contributed by atoms with E-state index in [2.05, 4.69) is 27.4 Å². The molecule has 1 heterocycles. The average molecular weight is 260 g/mol. The van der Waals surface area contributed by atoms with Crippen molar-refractivity contribution >= 4 is 11.6 Å². The van der Waals surface area contributed by atoms with Gasteiger partial charge in [-0.15, -0.1) is 0 Å². The molecule has 1 amide bonds. The predicted octanol–water partition coefficient (Wildman–Crippen LogP) is 2.23. The van der Waals surface area contributed by atoms with Crippen molar-refractivity contribution in [3.63, 3.8) is 0 Å². The molecular formula is C13H16N4O2. The van der Waals surface area contributed by atoms with Crippen LogP contribution in [0.1, 0.15) is 30.9 Å². The molecule has 2 aromatic rings. The SMILES string of the molecule is CCC(C)Oc1cccc(NC(=O)c2ncn[nH]2)c1. The number of hydrogen-bond donors (Lipinski definition) is 2. The van der Waals surface area contributed by atoms with Gasteiger partial charge in [-0.05, 0) is 25.5 Å². The van der Waals surface area contributed by atoms with Gasteiger partial charge in [0, 0.05) is 11.8 Å². The number of aromatic nitrogens is 3. The number of H-pyrrole nitrogens is 1. The Bertz CT molecular complexity index is 539. The van der Waals surface area contributed by atoms with E-state index in [1.807, 2.05) is 19.1 Å². The van der Waals surface area contributed by atoms with Crippen LogP contribution in [0.3, 0.4) is 0 Å². The molecule has 2 N–H and O–H groups in total. The van der Waals surface area contributed by atoms with Crippen molar-refractivity contribution in [1.29, 1.82) is 0 Å². The highest BCUT2D eigenvalue weighted by Crippen LogP contribution is 2.19. The van der Waals surface area contributed by atoms with E-state index in [-0.39, 0.29) is 17.8 Å². The molecule has 0 saturated heterocycles. The molecule has 0 aliphatic rings. The van der Waals surface area contributed by atoms with Gasteiger partial charge in [-0.1, -0.05) is 13.0 Å². The maximum atomic E-state index is 11.8. The van der Waals surface area contributed by atoms with E-state index in [1.54, 1.807) is 12.1 Å². The van der Waals surface area contributed by atoms with E-state index in [0.717, 1.165) is 12.2 Å². The topological polar surface area (TPSA) is 79.9 Å². The molecule has 1 aromatic carbocycles. The maximum Gasteiger partial charge on any atom is 0.292 e. The van der Waals surface area contributed by atoms with Gasteiger partial charge in [0.05, 0.1) is 6.10 Å². The van der Waals surface area contributed by atoms with Crippen LogP contribution in [0.25, 0.3) is 0 Å². The fourth-order valence-electron chi connectivity index (χ4n) is 1.47. The van der Waals surface area contributed by atoms with Crippen molar-refractivity contribution in [3.05, 3.63) is 36.4 Å². The summed E-state index contributed by atoms with van der Waals surface area (Å²) in [5.74, 6) is 0.566. The van der Waals surface area contributed by atoms with E-state index in [1.165, 1.54) is 6.33 Å². The number of carbonyl (C=O) groups excluding carboxylic acids is 1. The number of amides is 1. The maximum absolute atomic E-state index is 11.8.